The standard InChI is InChI=1S/C21H25N3O/c1-16(2)18-9-6-17(7-10-18)8-11-21(25)22-13-12-19-15-24-14-4-3-5-20(24)23-19/h3-7,9-10,14-16H,8,11-13H2,1-2H3,(H,22,25). The molecule has 3 rings (SSSR count). The Labute approximate surface area is 148 Å². The van der Waals surface area contributed by atoms with Crippen LogP contribution in [-0.4, -0.2) is 21.8 Å². The number of hydrogen-bond donors (Lipinski definition) is 1. The van der Waals surface area contributed by atoms with Crippen molar-refractivity contribution >= 4 is 11.6 Å². The number of imidazole rings is 1. The van der Waals surface area contributed by atoms with Crippen LogP contribution < -0.4 is 5.32 Å². The van der Waals surface area contributed by atoms with Crippen LogP contribution in [0.3, 0.4) is 0 Å². The van der Waals surface area contributed by atoms with Gasteiger partial charge in [0.2, 0.25) is 5.91 Å². The van der Waals surface area contributed by atoms with E-state index in [0.29, 0.717) is 18.9 Å². The Kier molecular flexibility index (Phi) is 5.49. The second-order valence-electron chi connectivity index (χ2n) is 6.69. The molecule has 3 aromatic rings. The van der Waals surface area contributed by atoms with E-state index >= 15 is 0 Å². The molecule has 0 radical (unpaired) electrons. The van der Waals surface area contributed by atoms with Gasteiger partial charge in [0, 0.05) is 31.8 Å². The molecule has 0 bridgehead atoms. The summed E-state index contributed by atoms with van der Waals surface area (Å²) < 4.78 is 2.00. The van der Waals surface area contributed by atoms with Gasteiger partial charge in [-0.2, -0.15) is 0 Å². The number of rotatable bonds is 7. The molecule has 0 unspecified atom stereocenters. The summed E-state index contributed by atoms with van der Waals surface area (Å²) in [5.74, 6) is 0.633. The number of nitrogens with one attached hydrogen (secondary N) is 1. The van der Waals surface area contributed by atoms with E-state index in [1.807, 2.05) is 35.0 Å². The third-order valence-corrected chi connectivity index (χ3v) is 4.40. The first kappa shape index (κ1) is 17.2. The summed E-state index contributed by atoms with van der Waals surface area (Å²) in [6.45, 7) is 4.99. The van der Waals surface area contributed by atoms with Crippen LogP contribution >= 0.6 is 0 Å². The van der Waals surface area contributed by atoms with Gasteiger partial charge in [-0.15, -0.1) is 0 Å². The topological polar surface area (TPSA) is 46.4 Å². The Bertz CT molecular complexity index is 801. The lowest BCUT2D eigenvalue weighted by atomic mass is 10.0. The Morgan fingerprint density at radius 2 is 1.92 bits per heavy atom. The molecule has 0 aliphatic rings. The first-order valence-electron chi connectivity index (χ1n) is 8.90. The molecule has 4 heteroatoms. The lowest BCUT2D eigenvalue weighted by molar-refractivity contribution is -0.121. The molecule has 2 heterocycles. The van der Waals surface area contributed by atoms with Crippen molar-refractivity contribution in [2.45, 2.75) is 39.0 Å². The van der Waals surface area contributed by atoms with Crippen molar-refractivity contribution in [2.24, 2.45) is 0 Å². The van der Waals surface area contributed by atoms with Crippen molar-refractivity contribution in [2.75, 3.05) is 6.54 Å². The highest BCUT2D eigenvalue weighted by atomic mass is 16.1. The molecule has 0 fully saturated rings. The maximum atomic E-state index is 12.0. The number of aryl methyl sites for hydroxylation is 1. The number of amides is 1. The SMILES string of the molecule is CC(C)c1ccc(CCC(=O)NCCc2cn3ccccc3n2)cc1. The summed E-state index contributed by atoms with van der Waals surface area (Å²) in [6, 6.07) is 14.5. The summed E-state index contributed by atoms with van der Waals surface area (Å²) in [5, 5.41) is 2.99. The van der Waals surface area contributed by atoms with Crippen LogP contribution in [0.25, 0.3) is 5.65 Å². The molecule has 0 saturated carbocycles. The molecular weight excluding hydrogens is 310 g/mol. The highest BCUT2D eigenvalue weighted by Gasteiger charge is 2.05. The smallest absolute Gasteiger partial charge is 0.220 e. The summed E-state index contributed by atoms with van der Waals surface area (Å²) in [5.41, 5.74) is 4.48. The maximum Gasteiger partial charge on any atom is 0.220 e. The number of carbonyl (C=O) groups is 1. The lowest BCUT2D eigenvalue weighted by Gasteiger charge is -2.07. The lowest BCUT2D eigenvalue weighted by Crippen LogP contribution is -2.25. The fourth-order valence-electron chi connectivity index (χ4n) is 2.85. The zero-order valence-electron chi connectivity index (χ0n) is 14.9. The van der Waals surface area contributed by atoms with E-state index in [4.69, 9.17) is 0 Å². The number of benzene rings is 1. The number of aromatic nitrogens is 2. The number of pyridine rings is 1. The molecule has 0 spiro atoms. The fourth-order valence-corrected chi connectivity index (χ4v) is 2.85. The van der Waals surface area contributed by atoms with Crippen LogP contribution in [0.4, 0.5) is 0 Å². The average Bonchev–Trinajstić information content (AvgIpc) is 3.03. The predicted octanol–water partition coefficient (Wildman–Crippen LogP) is 3.75. The molecule has 4 nitrogen and oxygen atoms in total. The minimum Gasteiger partial charge on any atom is -0.356 e. The molecule has 1 N–H and O–H groups in total. The van der Waals surface area contributed by atoms with Crippen LogP contribution in [0.2, 0.25) is 0 Å². The van der Waals surface area contributed by atoms with Crippen molar-refractivity contribution in [1.82, 2.24) is 14.7 Å². The normalized spacial score (nSPS) is 11.2. The molecule has 1 aromatic carbocycles. The number of carbonyl (C=O) groups excluding carboxylic acids is 1. The van der Waals surface area contributed by atoms with Gasteiger partial charge in [0.15, 0.2) is 0 Å². The van der Waals surface area contributed by atoms with Gasteiger partial charge in [-0.25, -0.2) is 4.98 Å². The summed E-state index contributed by atoms with van der Waals surface area (Å²) >= 11 is 0. The zero-order chi connectivity index (χ0) is 17.6. The van der Waals surface area contributed by atoms with E-state index in [9.17, 15) is 4.79 Å². The van der Waals surface area contributed by atoms with Gasteiger partial charge in [-0.05, 0) is 35.6 Å². The van der Waals surface area contributed by atoms with Crippen LogP contribution in [0.1, 0.15) is 43.0 Å². The highest BCUT2D eigenvalue weighted by Crippen LogP contribution is 2.15. The van der Waals surface area contributed by atoms with Crippen molar-refractivity contribution in [3.05, 3.63) is 71.7 Å². The summed E-state index contributed by atoms with van der Waals surface area (Å²) in [7, 11) is 0. The van der Waals surface area contributed by atoms with E-state index < -0.39 is 0 Å². The van der Waals surface area contributed by atoms with Crippen molar-refractivity contribution in [3.8, 4) is 0 Å². The minimum absolute atomic E-state index is 0.0942. The van der Waals surface area contributed by atoms with Crippen molar-refractivity contribution < 1.29 is 4.79 Å². The third kappa shape index (κ3) is 4.69. The molecule has 1 amide bonds. The van der Waals surface area contributed by atoms with Gasteiger partial charge in [0.05, 0.1) is 5.69 Å². The quantitative estimate of drug-likeness (QED) is 0.715. The van der Waals surface area contributed by atoms with Crippen LogP contribution in [0, 0.1) is 0 Å². The monoisotopic (exact) mass is 335 g/mol. The van der Waals surface area contributed by atoms with E-state index in [0.717, 1.165) is 24.2 Å². The summed E-state index contributed by atoms with van der Waals surface area (Å²) in [4.78, 5) is 16.6. The number of fused-ring (bicyclic) bond motifs is 1. The van der Waals surface area contributed by atoms with Crippen molar-refractivity contribution in [3.63, 3.8) is 0 Å². The first-order chi connectivity index (χ1) is 12.1. The molecule has 0 atom stereocenters. The Morgan fingerprint density at radius 3 is 2.64 bits per heavy atom. The Hall–Kier alpha value is -2.62. The van der Waals surface area contributed by atoms with Gasteiger partial charge in [-0.3, -0.25) is 4.79 Å². The second kappa shape index (κ2) is 7.97. The largest absolute Gasteiger partial charge is 0.356 e. The van der Waals surface area contributed by atoms with Gasteiger partial charge >= 0.3 is 0 Å². The fraction of sp³-hybridized carbons (Fsp3) is 0.333. The average molecular weight is 335 g/mol. The van der Waals surface area contributed by atoms with E-state index in [-0.39, 0.29) is 5.91 Å². The summed E-state index contributed by atoms with van der Waals surface area (Å²) in [6.07, 6.45) is 6.04. The van der Waals surface area contributed by atoms with Crippen LogP contribution in [0.5, 0.6) is 0 Å². The first-order valence-corrected chi connectivity index (χ1v) is 8.90. The van der Waals surface area contributed by atoms with Gasteiger partial charge < -0.3 is 9.72 Å². The van der Waals surface area contributed by atoms with Crippen molar-refractivity contribution in [1.29, 1.82) is 0 Å². The third-order valence-electron chi connectivity index (χ3n) is 4.40. The molecule has 25 heavy (non-hydrogen) atoms. The van der Waals surface area contributed by atoms with Gasteiger partial charge in [-0.1, -0.05) is 44.2 Å². The maximum absolute atomic E-state index is 12.0. The minimum atomic E-state index is 0.0942. The Morgan fingerprint density at radius 1 is 1.12 bits per heavy atom. The van der Waals surface area contributed by atoms with E-state index in [1.54, 1.807) is 0 Å². The molecule has 2 aromatic heterocycles. The number of nitrogens with zero attached hydrogens (tertiary/aromatic N) is 2. The van der Waals surface area contributed by atoms with E-state index in [2.05, 4.69) is 48.4 Å². The molecule has 130 valence electrons. The highest BCUT2D eigenvalue weighted by molar-refractivity contribution is 5.76. The molecule has 0 aliphatic heterocycles. The molecule has 0 aliphatic carbocycles. The Balaban J connectivity index is 1.42. The van der Waals surface area contributed by atoms with Crippen LogP contribution in [-0.2, 0) is 17.6 Å². The second-order valence-corrected chi connectivity index (χ2v) is 6.69. The predicted molar refractivity (Wildman–Crippen MR) is 101 cm³/mol. The number of hydrogen-bond acceptors (Lipinski definition) is 2. The van der Waals surface area contributed by atoms with Gasteiger partial charge in [0.1, 0.15) is 5.65 Å². The van der Waals surface area contributed by atoms with Crippen LogP contribution in [0.15, 0.2) is 54.9 Å². The molecule has 0 saturated heterocycles. The van der Waals surface area contributed by atoms with E-state index in [1.165, 1.54) is 11.1 Å². The molecular formula is C21H25N3O. The van der Waals surface area contributed by atoms with Gasteiger partial charge in [0.25, 0.3) is 0 Å². The zero-order valence-corrected chi connectivity index (χ0v) is 14.9.